The molecule has 0 unspecified atom stereocenters. The molecule has 1 aliphatic rings. The van der Waals surface area contributed by atoms with E-state index in [4.69, 9.17) is 4.74 Å². The van der Waals surface area contributed by atoms with Gasteiger partial charge in [0.2, 0.25) is 0 Å². The molecular formula is C21H23N3O2S. The van der Waals surface area contributed by atoms with E-state index in [-0.39, 0.29) is 6.10 Å². The summed E-state index contributed by atoms with van der Waals surface area (Å²) in [6.07, 6.45) is 4.49. The van der Waals surface area contributed by atoms with E-state index in [1.807, 2.05) is 34.9 Å². The van der Waals surface area contributed by atoms with Crippen LogP contribution in [0.3, 0.4) is 0 Å². The van der Waals surface area contributed by atoms with E-state index in [0.29, 0.717) is 12.4 Å². The fourth-order valence-electron chi connectivity index (χ4n) is 3.42. The summed E-state index contributed by atoms with van der Waals surface area (Å²) >= 11 is 1.49. The van der Waals surface area contributed by atoms with E-state index in [1.165, 1.54) is 22.9 Å². The van der Waals surface area contributed by atoms with Crippen molar-refractivity contribution in [3.05, 3.63) is 72.1 Å². The molecule has 27 heavy (non-hydrogen) atoms. The van der Waals surface area contributed by atoms with E-state index in [1.54, 1.807) is 6.33 Å². The third-order valence-corrected chi connectivity index (χ3v) is 5.85. The van der Waals surface area contributed by atoms with Crippen molar-refractivity contribution in [3.8, 4) is 5.69 Å². The Bertz CT molecular complexity index is 869. The molecule has 0 amide bonds. The van der Waals surface area contributed by atoms with Crippen molar-refractivity contribution in [3.63, 3.8) is 0 Å². The lowest BCUT2D eigenvalue weighted by atomic mass is 9.89. The maximum Gasteiger partial charge on any atom is 0.195 e. The summed E-state index contributed by atoms with van der Waals surface area (Å²) in [6.45, 7) is 0.325. The quantitative estimate of drug-likeness (QED) is 0.631. The Kier molecular flexibility index (Phi) is 5.87. The predicted octanol–water partition coefficient (Wildman–Crippen LogP) is 3.81. The van der Waals surface area contributed by atoms with Crippen molar-refractivity contribution < 1.29 is 9.84 Å². The van der Waals surface area contributed by atoms with Gasteiger partial charge in [0.15, 0.2) is 5.16 Å². The van der Waals surface area contributed by atoms with Crippen molar-refractivity contribution in [2.45, 2.75) is 36.6 Å². The van der Waals surface area contributed by atoms with Crippen molar-refractivity contribution in [1.29, 1.82) is 0 Å². The van der Waals surface area contributed by atoms with Crippen molar-refractivity contribution in [2.24, 2.45) is 0 Å². The first kappa shape index (κ1) is 18.2. The molecule has 3 aromatic rings. The van der Waals surface area contributed by atoms with E-state index >= 15 is 0 Å². The molecule has 1 aromatic heterocycles. The third-order valence-electron chi connectivity index (χ3n) is 4.76. The molecule has 2 atom stereocenters. The second-order valence-corrected chi connectivity index (χ2v) is 7.68. The number of benzene rings is 2. The van der Waals surface area contributed by atoms with Gasteiger partial charge in [-0.25, -0.2) is 0 Å². The van der Waals surface area contributed by atoms with Crippen LogP contribution in [-0.4, -0.2) is 38.3 Å². The van der Waals surface area contributed by atoms with Crippen LogP contribution in [-0.2, 0) is 11.2 Å². The molecule has 0 radical (unpaired) electrons. The number of hydrogen-bond acceptors (Lipinski definition) is 5. The summed E-state index contributed by atoms with van der Waals surface area (Å²) in [4.78, 5) is 0. The summed E-state index contributed by atoms with van der Waals surface area (Å²) in [5.74, 6) is 0.514. The number of hydrogen-bond donors (Lipinski definition) is 1. The summed E-state index contributed by atoms with van der Waals surface area (Å²) < 4.78 is 7.98. The average Bonchev–Trinajstić information content (AvgIpc) is 3.20. The number of rotatable bonds is 7. The fourth-order valence-corrected chi connectivity index (χ4v) is 4.25. The molecule has 4 rings (SSSR count). The van der Waals surface area contributed by atoms with Gasteiger partial charge in [0.1, 0.15) is 6.33 Å². The van der Waals surface area contributed by atoms with Crippen LogP contribution in [0, 0.1) is 0 Å². The minimum absolute atomic E-state index is 0.0857. The summed E-state index contributed by atoms with van der Waals surface area (Å²) in [6, 6.07) is 18.4. The Morgan fingerprint density at radius 3 is 2.85 bits per heavy atom. The van der Waals surface area contributed by atoms with E-state index in [0.717, 1.165) is 30.1 Å². The Labute approximate surface area is 163 Å². The highest BCUT2D eigenvalue weighted by Gasteiger charge is 2.21. The molecule has 0 aliphatic heterocycles. The molecule has 2 aromatic carbocycles. The zero-order chi connectivity index (χ0) is 18.5. The molecule has 1 heterocycles. The van der Waals surface area contributed by atoms with Gasteiger partial charge in [-0.2, -0.15) is 0 Å². The molecule has 0 saturated carbocycles. The zero-order valence-corrected chi connectivity index (χ0v) is 15.9. The second kappa shape index (κ2) is 8.69. The van der Waals surface area contributed by atoms with Gasteiger partial charge in [-0.1, -0.05) is 54.2 Å². The first-order chi connectivity index (χ1) is 13.3. The summed E-state index contributed by atoms with van der Waals surface area (Å²) in [7, 11) is 0. The Balaban J connectivity index is 1.32. The lowest BCUT2D eigenvalue weighted by Gasteiger charge is -2.26. The highest BCUT2D eigenvalue weighted by Crippen LogP contribution is 2.32. The molecule has 5 nitrogen and oxygen atoms in total. The van der Waals surface area contributed by atoms with Gasteiger partial charge in [-0.3, -0.25) is 4.57 Å². The molecule has 1 aliphatic carbocycles. The van der Waals surface area contributed by atoms with Crippen molar-refractivity contribution in [1.82, 2.24) is 14.8 Å². The Hall–Kier alpha value is -2.15. The monoisotopic (exact) mass is 381 g/mol. The van der Waals surface area contributed by atoms with Gasteiger partial charge in [0.25, 0.3) is 0 Å². The van der Waals surface area contributed by atoms with Crippen LogP contribution in [0.25, 0.3) is 5.69 Å². The standard InChI is InChI=1S/C21H23N3O2S/c25-18(13-26-20-12-6-8-16-7-4-5-11-19(16)20)14-27-21-23-22-15-24(21)17-9-2-1-3-10-17/h1-5,7,9-11,15,18,20,25H,6,8,12-14H2/t18-,20-/m0/s1. The van der Waals surface area contributed by atoms with Crippen molar-refractivity contribution >= 4 is 11.8 Å². The first-order valence-corrected chi connectivity index (χ1v) is 10.3. The van der Waals surface area contributed by atoms with Crippen molar-refractivity contribution in [2.75, 3.05) is 12.4 Å². The smallest absolute Gasteiger partial charge is 0.195 e. The fraction of sp³-hybridized carbons (Fsp3) is 0.333. The van der Waals surface area contributed by atoms with E-state index in [2.05, 4.69) is 34.5 Å². The average molecular weight is 382 g/mol. The van der Waals surface area contributed by atoms with Gasteiger partial charge >= 0.3 is 0 Å². The van der Waals surface area contributed by atoms with Gasteiger partial charge < -0.3 is 9.84 Å². The van der Waals surface area contributed by atoms with E-state index < -0.39 is 6.10 Å². The topological polar surface area (TPSA) is 60.2 Å². The third kappa shape index (κ3) is 4.40. The Morgan fingerprint density at radius 1 is 1.15 bits per heavy atom. The van der Waals surface area contributed by atoms with Gasteiger partial charge in [-0.05, 0) is 42.5 Å². The lowest BCUT2D eigenvalue weighted by molar-refractivity contribution is -0.00960. The summed E-state index contributed by atoms with van der Waals surface area (Å²) in [5, 5.41) is 19.3. The summed E-state index contributed by atoms with van der Waals surface area (Å²) in [5.41, 5.74) is 3.65. The van der Waals surface area contributed by atoms with Gasteiger partial charge in [-0.15, -0.1) is 10.2 Å². The SMILES string of the molecule is O[C@@H](CO[C@H]1CCCc2ccccc21)CSc1nncn1-c1ccccc1. The minimum Gasteiger partial charge on any atom is -0.390 e. The molecule has 140 valence electrons. The van der Waals surface area contributed by atoms with Crippen LogP contribution >= 0.6 is 11.8 Å². The maximum absolute atomic E-state index is 10.4. The highest BCUT2D eigenvalue weighted by atomic mass is 32.2. The number of nitrogens with zero attached hydrogens (tertiary/aromatic N) is 3. The van der Waals surface area contributed by atoms with Gasteiger partial charge in [0, 0.05) is 11.4 Å². The molecule has 0 saturated heterocycles. The number of fused-ring (bicyclic) bond motifs is 1. The normalized spacial score (nSPS) is 17.4. The molecule has 0 bridgehead atoms. The molecule has 0 spiro atoms. The number of aromatic nitrogens is 3. The molecule has 6 heteroatoms. The minimum atomic E-state index is -0.551. The number of para-hydroxylation sites is 1. The number of aryl methyl sites for hydroxylation is 1. The van der Waals surface area contributed by atoms with Crippen LogP contribution in [0.15, 0.2) is 66.1 Å². The number of ether oxygens (including phenoxy) is 1. The maximum atomic E-state index is 10.4. The van der Waals surface area contributed by atoms with E-state index in [9.17, 15) is 5.11 Å². The van der Waals surface area contributed by atoms with Crippen LogP contribution in [0.2, 0.25) is 0 Å². The largest absolute Gasteiger partial charge is 0.390 e. The molecule has 1 N–H and O–H groups in total. The van der Waals surface area contributed by atoms with Crippen LogP contribution < -0.4 is 0 Å². The number of aliphatic hydroxyl groups is 1. The first-order valence-electron chi connectivity index (χ1n) is 9.27. The van der Waals surface area contributed by atoms with Crippen LogP contribution in [0.4, 0.5) is 0 Å². The van der Waals surface area contributed by atoms with Gasteiger partial charge in [0.05, 0.1) is 18.8 Å². The number of aliphatic hydroxyl groups excluding tert-OH is 1. The second-order valence-electron chi connectivity index (χ2n) is 6.70. The zero-order valence-electron chi connectivity index (χ0n) is 15.1. The molecule has 0 fully saturated rings. The number of thioether (sulfide) groups is 1. The van der Waals surface area contributed by atoms with Crippen LogP contribution in [0.5, 0.6) is 0 Å². The lowest BCUT2D eigenvalue weighted by Crippen LogP contribution is -2.22. The van der Waals surface area contributed by atoms with Crippen LogP contribution in [0.1, 0.15) is 30.1 Å². The predicted molar refractivity (Wildman–Crippen MR) is 106 cm³/mol. The molecular weight excluding hydrogens is 358 g/mol. The highest BCUT2D eigenvalue weighted by molar-refractivity contribution is 7.99. The Morgan fingerprint density at radius 2 is 1.96 bits per heavy atom.